The number of hydrogen-bond donors (Lipinski definition) is 1. The highest BCUT2D eigenvalue weighted by Crippen LogP contribution is 2.19. The largest absolute Gasteiger partial charge is 0.294 e. The van der Waals surface area contributed by atoms with Crippen LogP contribution in [0.4, 0.5) is 4.39 Å². The summed E-state index contributed by atoms with van der Waals surface area (Å²) in [7, 11) is -3.87. The topological polar surface area (TPSA) is 89.0 Å². The molecule has 10 heteroatoms. The van der Waals surface area contributed by atoms with E-state index in [2.05, 4.69) is 14.7 Å². The predicted octanol–water partition coefficient (Wildman–Crippen LogP) is 3.93. The van der Waals surface area contributed by atoms with Gasteiger partial charge in [-0.1, -0.05) is 11.6 Å². The molecule has 29 heavy (non-hydrogen) atoms. The van der Waals surface area contributed by atoms with Gasteiger partial charge in [-0.2, -0.15) is 0 Å². The maximum Gasteiger partial charge on any atom is 0.240 e. The molecule has 0 saturated carbocycles. The van der Waals surface area contributed by atoms with Crippen LogP contribution in [0, 0.1) is 12.7 Å². The van der Waals surface area contributed by atoms with Gasteiger partial charge in [0.2, 0.25) is 10.0 Å². The standard InChI is InChI=1S/C19H17ClFN3O3S2/c1-12-19(28-11-23-12)7-6-18(25)13-2-3-14(22-9-13)10-24-29(26,27)15-4-5-17(21)16(20)8-15/h2-5,8-9,11,24H,6-7,10H2,1H3. The Morgan fingerprint density at radius 3 is 2.66 bits per heavy atom. The highest BCUT2D eigenvalue weighted by atomic mass is 35.5. The van der Waals surface area contributed by atoms with Crippen LogP contribution in [-0.4, -0.2) is 24.2 Å². The minimum Gasteiger partial charge on any atom is -0.294 e. The molecule has 0 bridgehead atoms. The summed E-state index contributed by atoms with van der Waals surface area (Å²) in [4.78, 5) is 21.6. The number of carbonyl (C=O) groups excluding carboxylic acids is 1. The molecule has 0 fully saturated rings. The molecule has 1 aromatic carbocycles. The number of hydrogen-bond acceptors (Lipinski definition) is 6. The monoisotopic (exact) mass is 453 g/mol. The van der Waals surface area contributed by atoms with Crippen molar-refractivity contribution in [2.45, 2.75) is 31.2 Å². The molecule has 0 aliphatic carbocycles. The number of aryl methyl sites for hydroxylation is 2. The number of nitrogens with zero attached hydrogens (tertiary/aromatic N) is 2. The van der Waals surface area contributed by atoms with Gasteiger partial charge in [0.05, 0.1) is 33.4 Å². The Balaban J connectivity index is 1.59. The van der Waals surface area contributed by atoms with Crippen LogP contribution in [-0.2, 0) is 23.0 Å². The molecule has 3 rings (SSSR count). The molecule has 0 radical (unpaired) electrons. The quantitative estimate of drug-likeness (QED) is 0.522. The van der Waals surface area contributed by atoms with E-state index in [0.717, 1.165) is 28.8 Å². The third kappa shape index (κ3) is 5.45. The molecule has 2 heterocycles. The van der Waals surface area contributed by atoms with Crippen molar-refractivity contribution in [1.82, 2.24) is 14.7 Å². The molecule has 6 nitrogen and oxygen atoms in total. The van der Waals surface area contributed by atoms with E-state index in [1.807, 2.05) is 6.92 Å². The van der Waals surface area contributed by atoms with Crippen molar-refractivity contribution < 1.29 is 17.6 Å². The Morgan fingerprint density at radius 2 is 2.03 bits per heavy atom. The van der Waals surface area contributed by atoms with Crippen molar-refractivity contribution in [2.24, 2.45) is 0 Å². The van der Waals surface area contributed by atoms with E-state index in [1.54, 1.807) is 17.6 Å². The van der Waals surface area contributed by atoms with E-state index < -0.39 is 15.8 Å². The number of Topliss-reactive ketones (excluding diaryl/α,β-unsaturated/α-hetero) is 1. The van der Waals surface area contributed by atoms with Gasteiger partial charge in [0.1, 0.15) is 5.82 Å². The number of benzene rings is 1. The van der Waals surface area contributed by atoms with Crippen molar-refractivity contribution in [2.75, 3.05) is 0 Å². The van der Waals surface area contributed by atoms with Gasteiger partial charge in [0, 0.05) is 23.1 Å². The van der Waals surface area contributed by atoms with Crippen molar-refractivity contribution in [3.05, 3.63) is 74.7 Å². The van der Waals surface area contributed by atoms with Gasteiger partial charge in [0.15, 0.2) is 5.78 Å². The van der Waals surface area contributed by atoms with Crippen molar-refractivity contribution in [3.8, 4) is 0 Å². The van der Waals surface area contributed by atoms with Crippen LogP contribution in [0.25, 0.3) is 0 Å². The number of thiazole rings is 1. The van der Waals surface area contributed by atoms with Gasteiger partial charge in [-0.3, -0.25) is 9.78 Å². The summed E-state index contributed by atoms with van der Waals surface area (Å²) >= 11 is 7.16. The summed E-state index contributed by atoms with van der Waals surface area (Å²) in [6, 6.07) is 6.37. The zero-order chi connectivity index (χ0) is 21.0. The average Bonchev–Trinajstić information content (AvgIpc) is 3.12. The number of carbonyl (C=O) groups is 1. The van der Waals surface area contributed by atoms with Gasteiger partial charge in [-0.25, -0.2) is 22.5 Å². The van der Waals surface area contributed by atoms with E-state index >= 15 is 0 Å². The molecule has 1 N–H and O–H groups in total. The number of pyridine rings is 1. The molecule has 0 unspecified atom stereocenters. The highest BCUT2D eigenvalue weighted by molar-refractivity contribution is 7.89. The van der Waals surface area contributed by atoms with Crippen LogP contribution >= 0.6 is 22.9 Å². The van der Waals surface area contributed by atoms with E-state index in [1.165, 1.54) is 17.5 Å². The molecule has 152 valence electrons. The number of nitrogens with one attached hydrogen (secondary N) is 1. The first-order chi connectivity index (χ1) is 13.8. The third-order valence-corrected chi connectivity index (χ3v) is 6.90. The average molecular weight is 454 g/mol. The molecular formula is C19H17ClFN3O3S2. The van der Waals surface area contributed by atoms with Crippen LogP contribution in [0.3, 0.4) is 0 Å². The van der Waals surface area contributed by atoms with E-state index in [-0.39, 0.29) is 22.2 Å². The lowest BCUT2D eigenvalue weighted by molar-refractivity contribution is 0.0982. The summed E-state index contributed by atoms with van der Waals surface area (Å²) in [5.74, 6) is -0.739. The molecule has 0 aliphatic heterocycles. The number of rotatable bonds is 8. The highest BCUT2D eigenvalue weighted by Gasteiger charge is 2.16. The Kier molecular flexibility index (Phi) is 6.74. The second-order valence-electron chi connectivity index (χ2n) is 6.22. The second kappa shape index (κ2) is 9.08. The molecular weight excluding hydrogens is 437 g/mol. The van der Waals surface area contributed by atoms with Crippen LogP contribution in [0.1, 0.15) is 33.0 Å². The molecule has 2 aromatic heterocycles. The predicted molar refractivity (Wildman–Crippen MR) is 109 cm³/mol. The lowest BCUT2D eigenvalue weighted by atomic mass is 10.1. The molecule has 0 atom stereocenters. The smallest absolute Gasteiger partial charge is 0.240 e. The molecule has 0 amide bonds. The summed E-state index contributed by atoms with van der Waals surface area (Å²) in [5.41, 5.74) is 3.60. The fraction of sp³-hybridized carbons (Fsp3) is 0.211. The SMILES string of the molecule is Cc1ncsc1CCC(=O)c1ccc(CNS(=O)(=O)c2ccc(F)c(Cl)c2)nc1. The number of sulfonamides is 1. The number of ketones is 1. The first-order valence-electron chi connectivity index (χ1n) is 8.58. The van der Waals surface area contributed by atoms with E-state index in [4.69, 9.17) is 11.6 Å². The maximum absolute atomic E-state index is 13.2. The van der Waals surface area contributed by atoms with Crippen LogP contribution in [0.2, 0.25) is 5.02 Å². The minimum atomic E-state index is -3.87. The summed E-state index contributed by atoms with van der Waals surface area (Å²) in [5, 5.41) is -0.276. The summed E-state index contributed by atoms with van der Waals surface area (Å²) < 4.78 is 40.2. The van der Waals surface area contributed by atoms with Gasteiger partial charge in [0.25, 0.3) is 0 Å². The Morgan fingerprint density at radius 1 is 1.24 bits per heavy atom. The Labute approximate surface area is 176 Å². The van der Waals surface area contributed by atoms with Crippen molar-refractivity contribution in [1.29, 1.82) is 0 Å². The number of halogens is 2. The molecule has 0 spiro atoms. The van der Waals surface area contributed by atoms with E-state index in [9.17, 15) is 17.6 Å². The van der Waals surface area contributed by atoms with Gasteiger partial charge in [-0.15, -0.1) is 11.3 Å². The van der Waals surface area contributed by atoms with Gasteiger partial charge >= 0.3 is 0 Å². The number of aromatic nitrogens is 2. The lowest BCUT2D eigenvalue weighted by Crippen LogP contribution is -2.23. The fourth-order valence-corrected chi connectivity index (χ4v) is 4.58. The van der Waals surface area contributed by atoms with Crippen molar-refractivity contribution >= 4 is 38.7 Å². The van der Waals surface area contributed by atoms with Crippen LogP contribution in [0.5, 0.6) is 0 Å². The third-order valence-electron chi connectivity index (χ3n) is 4.22. The Hall–Kier alpha value is -2.20. The maximum atomic E-state index is 13.2. The van der Waals surface area contributed by atoms with Gasteiger partial charge < -0.3 is 0 Å². The molecule has 0 saturated heterocycles. The molecule has 3 aromatic rings. The van der Waals surface area contributed by atoms with Crippen LogP contribution < -0.4 is 4.72 Å². The summed E-state index contributed by atoms with van der Waals surface area (Å²) in [6.45, 7) is 1.83. The first-order valence-corrected chi connectivity index (χ1v) is 11.3. The minimum absolute atomic E-state index is 0.0432. The van der Waals surface area contributed by atoms with Crippen molar-refractivity contribution in [3.63, 3.8) is 0 Å². The zero-order valence-electron chi connectivity index (χ0n) is 15.4. The molecule has 0 aliphatic rings. The lowest BCUT2D eigenvalue weighted by Gasteiger charge is -2.08. The summed E-state index contributed by atoms with van der Waals surface area (Å²) in [6.07, 6.45) is 2.40. The zero-order valence-corrected chi connectivity index (χ0v) is 17.7. The first kappa shape index (κ1) is 21.5. The Bertz CT molecular complexity index is 1130. The van der Waals surface area contributed by atoms with E-state index in [0.29, 0.717) is 24.1 Å². The van der Waals surface area contributed by atoms with Crippen LogP contribution in [0.15, 0.2) is 46.9 Å². The normalized spacial score (nSPS) is 11.6. The second-order valence-corrected chi connectivity index (χ2v) is 9.34. The van der Waals surface area contributed by atoms with Gasteiger partial charge in [-0.05, 0) is 43.7 Å². The fourth-order valence-electron chi connectivity index (χ4n) is 2.53.